The third-order valence-corrected chi connectivity index (χ3v) is 5.97. The summed E-state index contributed by atoms with van der Waals surface area (Å²) in [7, 11) is 1.59. The maximum Gasteiger partial charge on any atom is 0.295 e. The highest BCUT2D eigenvalue weighted by atomic mass is 79.9. The molecule has 3 rings (SSSR count). The highest BCUT2D eigenvalue weighted by Crippen LogP contribution is 2.40. The van der Waals surface area contributed by atoms with Crippen LogP contribution in [0.5, 0.6) is 5.75 Å². The van der Waals surface area contributed by atoms with Gasteiger partial charge >= 0.3 is 0 Å². The number of carbonyl (C=O) groups excluding carboxylic acids is 2. The molecule has 1 atom stereocenters. The first-order valence-corrected chi connectivity index (χ1v) is 11.8. The summed E-state index contributed by atoms with van der Waals surface area (Å²) in [4.78, 5) is 27.5. The Labute approximate surface area is 203 Å². The lowest BCUT2D eigenvalue weighted by Crippen LogP contribution is -2.31. The molecule has 2 aromatic rings. The summed E-state index contributed by atoms with van der Waals surface area (Å²) in [5.41, 5.74) is 2.15. The van der Waals surface area contributed by atoms with Crippen LogP contribution in [0.1, 0.15) is 43.0 Å². The predicted molar refractivity (Wildman–Crippen MR) is 131 cm³/mol. The molecule has 7 heteroatoms. The topological polar surface area (TPSA) is 76.1 Å². The Balaban J connectivity index is 2.06. The van der Waals surface area contributed by atoms with Gasteiger partial charge in [0.2, 0.25) is 0 Å². The van der Waals surface area contributed by atoms with Crippen LogP contribution in [0.25, 0.3) is 5.76 Å². The van der Waals surface area contributed by atoms with Crippen molar-refractivity contribution in [2.75, 3.05) is 26.9 Å². The number of aliphatic hydroxyl groups excluding tert-OH is 1. The third-order valence-electron chi connectivity index (χ3n) is 5.47. The average molecular weight is 516 g/mol. The molecule has 1 aliphatic heterocycles. The van der Waals surface area contributed by atoms with Crippen LogP contribution in [0.15, 0.2) is 52.5 Å². The quantitative estimate of drug-likeness (QED) is 0.213. The molecule has 0 aromatic heterocycles. The molecule has 0 spiro atoms. The highest BCUT2D eigenvalue weighted by molar-refractivity contribution is 9.10. The Morgan fingerprint density at radius 2 is 1.94 bits per heavy atom. The van der Waals surface area contributed by atoms with E-state index in [-0.39, 0.29) is 11.3 Å². The standard InChI is InChI=1S/C26H30BrNO5/c1-16(2)15-33-21-10-9-19(13-17(21)3)24(29)22-23(18-7-5-8-20(27)14-18)28(11-6-12-32-4)26(31)25(22)30/h5,7-10,13-14,16,23,29H,6,11-12,15H2,1-4H3/b24-22+. The molecule has 1 fully saturated rings. The Bertz CT molecular complexity index is 1060. The van der Waals surface area contributed by atoms with Crippen LogP contribution in [0.2, 0.25) is 0 Å². The lowest BCUT2D eigenvalue weighted by molar-refractivity contribution is -0.140. The van der Waals surface area contributed by atoms with E-state index >= 15 is 0 Å². The van der Waals surface area contributed by atoms with Crippen LogP contribution in [0.4, 0.5) is 0 Å². The van der Waals surface area contributed by atoms with E-state index in [1.807, 2.05) is 31.2 Å². The number of halogens is 1. The number of benzene rings is 2. The van der Waals surface area contributed by atoms with Crippen molar-refractivity contribution in [2.45, 2.75) is 33.2 Å². The highest BCUT2D eigenvalue weighted by Gasteiger charge is 2.45. The first-order chi connectivity index (χ1) is 15.7. The summed E-state index contributed by atoms with van der Waals surface area (Å²) in [5.74, 6) is -0.384. The number of hydrogen-bond acceptors (Lipinski definition) is 5. The number of aliphatic hydroxyl groups is 1. The first-order valence-electron chi connectivity index (χ1n) is 11.0. The molecule has 1 saturated heterocycles. The minimum atomic E-state index is -0.687. The van der Waals surface area contributed by atoms with Gasteiger partial charge in [0, 0.05) is 30.3 Å². The normalized spacial score (nSPS) is 17.8. The van der Waals surface area contributed by atoms with Gasteiger partial charge in [0.15, 0.2) is 0 Å². The number of aryl methyl sites for hydroxylation is 1. The molecule has 0 bridgehead atoms. The summed E-state index contributed by atoms with van der Waals surface area (Å²) in [6.45, 7) is 7.42. The smallest absolute Gasteiger partial charge is 0.295 e. The van der Waals surface area contributed by atoms with Gasteiger partial charge in [0.05, 0.1) is 18.2 Å². The Hall–Kier alpha value is -2.64. The van der Waals surface area contributed by atoms with Crippen LogP contribution in [-0.2, 0) is 14.3 Å². The maximum absolute atomic E-state index is 13.1. The number of methoxy groups -OCH3 is 1. The lowest BCUT2D eigenvalue weighted by Gasteiger charge is -2.25. The zero-order valence-corrected chi connectivity index (χ0v) is 21.0. The van der Waals surface area contributed by atoms with Crippen molar-refractivity contribution in [3.05, 3.63) is 69.2 Å². The monoisotopic (exact) mass is 515 g/mol. The van der Waals surface area contributed by atoms with E-state index in [2.05, 4.69) is 29.8 Å². The molecule has 33 heavy (non-hydrogen) atoms. The van der Waals surface area contributed by atoms with Crippen molar-refractivity contribution < 1.29 is 24.2 Å². The Morgan fingerprint density at radius 3 is 2.58 bits per heavy atom. The van der Waals surface area contributed by atoms with E-state index in [4.69, 9.17) is 9.47 Å². The fourth-order valence-corrected chi connectivity index (χ4v) is 4.30. The average Bonchev–Trinajstić information content (AvgIpc) is 3.03. The predicted octanol–water partition coefficient (Wildman–Crippen LogP) is 5.25. The molecule has 1 amide bonds. The van der Waals surface area contributed by atoms with E-state index in [0.29, 0.717) is 37.7 Å². The largest absolute Gasteiger partial charge is 0.507 e. The minimum absolute atomic E-state index is 0.0887. The number of amides is 1. The number of rotatable bonds is 9. The number of carbonyl (C=O) groups is 2. The Morgan fingerprint density at radius 1 is 1.18 bits per heavy atom. The van der Waals surface area contributed by atoms with Crippen LogP contribution in [-0.4, -0.2) is 48.6 Å². The van der Waals surface area contributed by atoms with Gasteiger partial charge in [-0.15, -0.1) is 0 Å². The molecule has 6 nitrogen and oxygen atoms in total. The van der Waals surface area contributed by atoms with Crippen molar-refractivity contribution in [3.63, 3.8) is 0 Å². The Kier molecular flexibility index (Phi) is 8.32. The van der Waals surface area contributed by atoms with Crippen molar-refractivity contribution in [2.24, 2.45) is 5.92 Å². The lowest BCUT2D eigenvalue weighted by atomic mass is 9.94. The summed E-state index contributed by atoms with van der Waals surface area (Å²) >= 11 is 3.47. The van der Waals surface area contributed by atoms with Gasteiger partial charge in [0.25, 0.3) is 11.7 Å². The molecular formula is C26H30BrNO5. The van der Waals surface area contributed by atoms with Crippen LogP contribution >= 0.6 is 15.9 Å². The zero-order chi connectivity index (χ0) is 24.1. The van der Waals surface area contributed by atoms with Gasteiger partial charge in [0.1, 0.15) is 11.5 Å². The number of ether oxygens (including phenoxy) is 2. The minimum Gasteiger partial charge on any atom is -0.507 e. The van der Waals surface area contributed by atoms with E-state index in [9.17, 15) is 14.7 Å². The second kappa shape index (κ2) is 11.0. The number of Topliss-reactive ketones (excluding diaryl/α,β-unsaturated/α-hetero) is 1. The summed E-state index contributed by atoms with van der Waals surface area (Å²) in [5, 5.41) is 11.2. The molecular weight excluding hydrogens is 486 g/mol. The molecule has 0 radical (unpaired) electrons. The number of hydrogen-bond donors (Lipinski definition) is 1. The molecule has 0 saturated carbocycles. The molecule has 176 valence electrons. The van der Waals surface area contributed by atoms with Crippen LogP contribution in [0, 0.1) is 12.8 Å². The van der Waals surface area contributed by atoms with Gasteiger partial charge in [-0.3, -0.25) is 9.59 Å². The van der Waals surface area contributed by atoms with E-state index in [0.717, 1.165) is 21.3 Å². The SMILES string of the molecule is COCCCN1C(=O)C(=O)/C(=C(/O)c2ccc(OCC(C)C)c(C)c2)C1c1cccc(Br)c1. The van der Waals surface area contributed by atoms with Crippen molar-refractivity contribution in [1.82, 2.24) is 4.90 Å². The summed E-state index contributed by atoms with van der Waals surface area (Å²) < 4.78 is 11.8. The third kappa shape index (κ3) is 5.65. The fourth-order valence-electron chi connectivity index (χ4n) is 3.88. The van der Waals surface area contributed by atoms with Gasteiger partial charge in [-0.1, -0.05) is 41.9 Å². The molecule has 1 N–H and O–H groups in total. The zero-order valence-electron chi connectivity index (χ0n) is 19.4. The van der Waals surface area contributed by atoms with E-state index in [1.54, 1.807) is 25.3 Å². The van der Waals surface area contributed by atoms with Crippen molar-refractivity contribution in [1.29, 1.82) is 0 Å². The van der Waals surface area contributed by atoms with Gasteiger partial charge in [-0.05, 0) is 60.7 Å². The fraction of sp³-hybridized carbons (Fsp3) is 0.385. The van der Waals surface area contributed by atoms with Crippen LogP contribution in [0.3, 0.4) is 0 Å². The second-order valence-electron chi connectivity index (χ2n) is 8.58. The molecule has 2 aromatic carbocycles. The molecule has 0 aliphatic carbocycles. The summed E-state index contributed by atoms with van der Waals surface area (Å²) in [6.07, 6.45) is 0.578. The number of nitrogens with zero attached hydrogens (tertiary/aromatic N) is 1. The van der Waals surface area contributed by atoms with Crippen molar-refractivity contribution in [3.8, 4) is 5.75 Å². The van der Waals surface area contributed by atoms with Gasteiger partial charge in [-0.2, -0.15) is 0 Å². The van der Waals surface area contributed by atoms with Gasteiger partial charge < -0.3 is 19.5 Å². The molecule has 1 unspecified atom stereocenters. The second-order valence-corrected chi connectivity index (χ2v) is 9.49. The van der Waals surface area contributed by atoms with Crippen molar-refractivity contribution >= 4 is 33.4 Å². The van der Waals surface area contributed by atoms with E-state index in [1.165, 1.54) is 4.90 Å². The number of likely N-dealkylation sites (tertiary alicyclic amines) is 1. The van der Waals surface area contributed by atoms with Crippen LogP contribution < -0.4 is 4.74 Å². The van der Waals surface area contributed by atoms with E-state index < -0.39 is 17.7 Å². The molecule has 1 aliphatic rings. The molecule has 1 heterocycles. The summed E-state index contributed by atoms with van der Waals surface area (Å²) in [6, 6.07) is 12.0. The number of ketones is 1. The maximum atomic E-state index is 13.1. The first kappa shape index (κ1) is 25.0. The van der Waals surface area contributed by atoms with Gasteiger partial charge in [-0.25, -0.2) is 0 Å².